The zero-order valence-corrected chi connectivity index (χ0v) is 7.10. The van der Waals surface area contributed by atoms with Gasteiger partial charge in [-0.2, -0.15) is 0 Å². The summed E-state index contributed by atoms with van der Waals surface area (Å²) in [5, 5.41) is 0. The van der Waals surface area contributed by atoms with E-state index in [0.29, 0.717) is 6.42 Å². The summed E-state index contributed by atoms with van der Waals surface area (Å²) in [6.45, 7) is 0. The molecule has 0 saturated heterocycles. The van der Waals surface area contributed by atoms with Gasteiger partial charge in [0.1, 0.15) is 0 Å². The second-order valence-electron chi connectivity index (χ2n) is 4.40. The molecule has 2 rings (SSSR count). The molecule has 2 saturated carbocycles. The quantitative estimate of drug-likeness (QED) is 0.696. The summed E-state index contributed by atoms with van der Waals surface area (Å²) in [6.07, 6.45) is 2.27. The van der Waals surface area contributed by atoms with Gasteiger partial charge in [-0.3, -0.25) is 0 Å². The van der Waals surface area contributed by atoms with Crippen molar-refractivity contribution in [3.8, 4) is 0 Å². The van der Waals surface area contributed by atoms with Crippen LogP contribution in [0.4, 0.5) is 8.78 Å². The number of rotatable bonds is 4. The van der Waals surface area contributed by atoms with E-state index in [4.69, 9.17) is 5.73 Å². The van der Waals surface area contributed by atoms with Crippen molar-refractivity contribution in [2.24, 2.45) is 17.6 Å². The summed E-state index contributed by atoms with van der Waals surface area (Å²) in [7, 11) is 0. The van der Waals surface area contributed by atoms with Gasteiger partial charge in [0.25, 0.3) is 0 Å². The third-order valence-electron chi connectivity index (χ3n) is 3.09. The molecule has 2 fully saturated rings. The van der Waals surface area contributed by atoms with Crippen molar-refractivity contribution in [1.29, 1.82) is 0 Å². The van der Waals surface area contributed by atoms with Crippen LogP contribution >= 0.6 is 0 Å². The largest absolute Gasteiger partial charge is 0.325 e. The van der Waals surface area contributed by atoms with E-state index < -0.39 is 12.3 Å². The normalized spacial score (nSPS) is 29.0. The molecule has 0 aromatic rings. The highest BCUT2D eigenvalue weighted by Gasteiger charge is 2.46. The van der Waals surface area contributed by atoms with Crippen LogP contribution in [0.5, 0.6) is 0 Å². The molecule has 0 heterocycles. The third kappa shape index (κ3) is 1.76. The van der Waals surface area contributed by atoms with Gasteiger partial charge in [0.2, 0.25) is 6.43 Å². The maximum atomic E-state index is 12.5. The van der Waals surface area contributed by atoms with E-state index in [1.54, 1.807) is 0 Å². The van der Waals surface area contributed by atoms with Crippen LogP contribution in [0.2, 0.25) is 0 Å². The summed E-state index contributed by atoms with van der Waals surface area (Å²) in [5.41, 5.74) is 5.61. The molecule has 12 heavy (non-hydrogen) atoms. The fourth-order valence-electron chi connectivity index (χ4n) is 1.82. The van der Waals surface area contributed by atoms with Crippen LogP contribution < -0.4 is 5.73 Å². The first-order valence-electron chi connectivity index (χ1n) is 4.68. The molecule has 0 amide bonds. The molecule has 1 unspecified atom stereocenters. The minimum absolute atomic E-state index is 0.205. The first-order valence-corrected chi connectivity index (χ1v) is 4.68. The smallest absolute Gasteiger partial charge is 0.241 e. The van der Waals surface area contributed by atoms with E-state index in [9.17, 15) is 8.78 Å². The van der Waals surface area contributed by atoms with Crippen LogP contribution in [0.1, 0.15) is 32.1 Å². The highest BCUT2D eigenvalue weighted by molar-refractivity contribution is 5.02. The van der Waals surface area contributed by atoms with Crippen molar-refractivity contribution < 1.29 is 8.78 Å². The predicted molar refractivity (Wildman–Crippen MR) is 43.0 cm³/mol. The molecule has 0 aromatic heterocycles. The molecule has 2 aliphatic carbocycles. The zero-order chi connectivity index (χ0) is 8.77. The first-order chi connectivity index (χ1) is 5.61. The molecule has 70 valence electrons. The number of hydrogen-bond acceptors (Lipinski definition) is 1. The summed E-state index contributed by atoms with van der Waals surface area (Å²) in [5.74, 6) is -0.122. The second-order valence-corrected chi connectivity index (χ2v) is 4.40. The van der Waals surface area contributed by atoms with Crippen LogP contribution in [0.15, 0.2) is 0 Å². The lowest BCUT2D eigenvalue weighted by molar-refractivity contribution is 0.0547. The van der Waals surface area contributed by atoms with Crippen LogP contribution in [-0.2, 0) is 0 Å². The van der Waals surface area contributed by atoms with Gasteiger partial charge in [-0.05, 0) is 38.0 Å². The Kier molecular flexibility index (Phi) is 1.86. The number of nitrogens with two attached hydrogens (primary N) is 1. The topological polar surface area (TPSA) is 26.0 Å². The fraction of sp³-hybridized carbons (Fsp3) is 1.00. The van der Waals surface area contributed by atoms with Crippen molar-refractivity contribution in [3.63, 3.8) is 0 Å². The lowest BCUT2D eigenvalue weighted by Gasteiger charge is -2.18. The lowest BCUT2D eigenvalue weighted by atomic mass is 9.94. The van der Waals surface area contributed by atoms with Crippen molar-refractivity contribution in [2.45, 2.75) is 44.1 Å². The minimum Gasteiger partial charge on any atom is -0.325 e. The van der Waals surface area contributed by atoms with E-state index in [0.717, 1.165) is 25.7 Å². The monoisotopic (exact) mass is 175 g/mol. The first kappa shape index (κ1) is 8.42. The Hall–Kier alpha value is -0.180. The zero-order valence-electron chi connectivity index (χ0n) is 7.10. The van der Waals surface area contributed by atoms with Gasteiger partial charge in [-0.25, -0.2) is 8.78 Å². The lowest BCUT2D eigenvalue weighted by Crippen LogP contribution is -2.29. The molecule has 0 aromatic carbocycles. The van der Waals surface area contributed by atoms with Crippen LogP contribution in [-0.4, -0.2) is 12.0 Å². The highest BCUT2D eigenvalue weighted by atomic mass is 19.3. The van der Waals surface area contributed by atoms with Crippen LogP contribution in [0, 0.1) is 11.8 Å². The van der Waals surface area contributed by atoms with Crippen LogP contribution in [0.25, 0.3) is 0 Å². The third-order valence-corrected chi connectivity index (χ3v) is 3.09. The Bertz CT molecular complexity index is 171. The molecule has 2 aliphatic rings. The average Bonchev–Trinajstić information content (AvgIpc) is 2.79. The minimum atomic E-state index is -2.15. The molecular weight excluding hydrogens is 160 g/mol. The van der Waals surface area contributed by atoms with Gasteiger partial charge >= 0.3 is 0 Å². The van der Waals surface area contributed by atoms with Gasteiger partial charge in [0, 0.05) is 11.5 Å². The van der Waals surface area contributed by atoms with Gasteiger partial charge in [-0.15, -0.1) is 0 Å². The molecular formula is C9H15F2N. The molecule has 1 nitrogen and oxygen atoms in total. The van der Waals surface area contributed by atoms with Crippen molar-refractivity contribution in [2.75, 3.05) is 0 Å². The molecule has 0 bridgehead atoms. The summed E-state index contributed by atoms with van der Waals surface area (Å²) >= 11 is 0. The van der Waals surface area contributed by atoms with Crippen LogP contribution in [0.3, 0.4) is 0 Å². The van der Waals surface area contributed by atoms with Gasteiger partial charge in [0.15, 0.2) is 0 Å². The van der Waals surface area contributed by atoms with E-state index in [1.807, 2.05) is 0 Å². The van der Waals surface area contributed by atoms with Gasteiger partial charge < -0.3 is 5.73 Å². The summed E-state index contributed by atoms with van der Waals surface area (Å²) in [4.78, 5) is 0. The maximum Gasteiger partial charge on any atom is 0.241 e. The SMILES string of the molecule is NC1(CC(C(F)F)C2CC2)CC1. The Morgan fingerprint density at radius 3 is 2.25 bits per heavy atom. The summed E-state index contributed by atoms with van der Waals surface area (Å²) in [6, 6.07) is 0. The number of halogens is 2. The Balaban J connectivity index is 1.88. The number of hydrogen-bond donors (Lipinski definition) is 1. The van der Waals surface area contributed by atoms with Crippen molar-refractivity contribution >= 4 is 0 Å². The van der Waals surface area contributed by atoms with E-state index in [2.05, 4.69) is 0 Å². The standard InChI is InChI=1S/C9H15F2N/c10-8(11)7(6-1-2-6)5-9(12)3-4-9/h6-8H,1-5,12H2. The molecule has 3 heteroatoms. The molecule has 2 N–H and O–H groups in total. The molecule has 0 aliphatic heterocycles. The van der Waals surface area contributed by atoms with Crippen molar-refractivity contribution in [3.05, 3.63) is 0 Å². The molecule has 1 atom stereocenters. The predicted octanol–water partition coefficient (Wildman–Crippen LogP) is 2.16. The Labute approximate surface area is 71.3 Å². The average molecular weight is 175 g/mol. The highest BCUT2D eigenvalue weighted by Crippen LogP contribution is 2.48. The van der Waals surface area contributed by atoms with Crippen molar-refractivity contribution in [1.82, 2.24) is 0 Å². The van der Waals surface area contributed by atoms with Gasteiger partial charge in [-0.1, -0.05) is 0 Å². The van der Waals surface area contributed by atoms with E-state index >= 15 is 0 Å². The molecule has 0 spiro atoms. The maximum absolute atomic E-state index is 12.5. The molecule has 0 radical (unpaired) electrons. The fourth-order valence-corrected chi connectivity index (χ4v) is 1.82. The number of alkyl halides is 2. The second kappa shape index (κ2) is 2.66. The summed E-state index contributed by atoms with van der Waals surface area (Å²) < 4.78 is 25.0. The van der Waals surface area contributed by atoms with E-state index in [1.165, 1.54) is 0 Å². The van der Waals surface area contributed by atoms with Gasteiger partial charge in [0.05, 0.1) is 0 Å². The Morgan fingerprint density at radius 1 is 1.33 bits per heavy atom. The Morgan fingerprint density at radius 2 is 1.92 bits per heavy atom. The van der Waals surface area contributed by atoms with E-state index in [-0.39, 0.29) is 11.5 Å².